The van der Waals surface area contributed by atoms with Crippen LogP contribution >= 0.6 is 11.6 Å². The minimum absolute atomic E-state index is 0.131. The molecule has 2 atom stereocenters. The van der Waals surface area contributed by atoms with E-state index < -0.39 is 6.04 Å². The molecule has 0 unspecified atom stereocenters. The third-order valence-electron chi connectivity index (χ3n) is 2.79. The molecule has 0 aliphatic carbocycles. The van der Waals surface area contributed by atoms with E-state index in [4.69, 9.17) is 17.3 Å². The van der Waals surface area contributed by atoms with E-state index in [0.717, 1.165) is 12.0 Å². The molecule has 1 rings (SSSR count). The molecule has 1 amide bonds. The van der Waals surface area contributed by atoms with Crippen LogP contribution in [0.5, 0.6) is 0 Å². The molecule has 0 saturated heterocycles. The van der Waals surface area contributed by atoms with Crippen molar-refractivity contribution in [3.63, 3.8) is 0 Å². The first-order chi connectivity index (χ1) is 7.95. The van der Waals surface area contributed by atoms with Gasteiger partial charge in [-0.15, -0.1) is 0 Å². The van der Waals surface area contributed by atoms with Crippen LogP contribution in [0.4, 0.5) is 5.69 Å². The number of nitrogens with zero attached hydrogens (tertiary/aromatic N) is 1. The Kier molecular flexibility index (Phi) is 4.90. The van der Waals surface area contributed by atoms with Crippen LogP contribution in [0.3, 0.4) is 0 Å². The number of carbonyl (C=O) groups excluding carboxylic acids is 1. The highest BCUT2D eigenvalue weighted by Gasteiger charge is 2.20. The number of hydrogen-bond donors (Lipinski definition) is 2. The first-order valence-corrected chi connectivity index (χ1v) is 6.02. The lowest BCUT2D eigenvalue weighted by molar-refractivity contribution is -0.118. The summed E-state index contributed by atoms with van der Waals surface area (Å²) < 4.78 is 0. The van der Waals surface area contributed by atoms with Gasteiger partial charge >= 0.3 is 0 Å². The molecule has 0 radical (unpaired) electrons. The molecule has 1 heterocycles. The molecule has 1 aromatic heterocycles. The fourth-order valence-corrected chi connectivity index (χ4v) is 1.52. The number of carbonyl (C=O) groups is 1. The fourth-order valence-electron chi connectivity index (χ4n) is 1.37. The lowest BCUT2D eigenvalue weighted by Crippen LogP contribution is -2.40. The van der Waals surface area contributed by atoms with Gasteiger partial charge in [0.05, 0.1) is 11.7 Å². The molecule has 0 fully saturated rings. The summed E-state index contributed by atoms with van der Waals surface area (Å²) in [4.78, 5) is 15.8. The predicted octanol–water partition coefficient (Wildman–Crippen LogP) is 2.36. The van der Waals surface area contributed by atoms with Gasteiger partial charge in [-0.2, -0.15) is 0 Å². The van der Waals surface area contributed by atoms with Gasteiger partial charge in [0.2, 0.25) is 5.91 Å². The van der Waals surface area contributed by atoms with E-state index in [2.05, 4.69) is 10.3 Å². The molecule has 0 aliphatic rings. The van der Waals surface area contributed by atoms with E-state index >= 15 is 0 Å². The van der Waals surface area contributed by atoms with Gasteiger partial charge in [0.25, 0.3) is 0 Å². The molecule has 3 N–H and O–H groups in total. The van der Waals surface area contributed by atoms with Crippen LogP contribution < -0.4 is 11.1 Å². The lowest BCUT2D eigenvalue weighted by atomic mass is 9.99. The number of anilines is 1. The minimum atomic E-state index is -0.531. The molecule has 4 nitrogen and oxygen atoms in total. The van der Waals surface area contributed by atoms with Gasteiger partial charge in [-0.1, -0.05) is 31.9 Å². The molecule has 94 valence electrons. The topological polar surface area (TPSA) is 68.0 Å². The van der Waals surface area contributed by atoms with Gasteiger partial charge in [-0.3, -0.25) is 4.79 Å². The lowest BCUT2D eigenvalue weighted by Gasteiger charge is -2.18. The maximum atomic E-state index is 11.9. The summed E-state index contributed by atoms with van der Waals surface area (Å²) >= 11 is 5.89. The fraction of sp³-hybridized carbons (Fsp3) is 0.500. The third kappa shape index (κ3) is 3.68. The quantitative estimate of drug-likeness (QED) is 0.812. The number of rotatable bonds is 4. The second-order valence-corrected chi connectivity index (χ2v) is 4.61. The molecule has 0 bridgehead atoms. The van der Waals surface area contributed by atoms with Gasteiger partial charge in [0, 0.05) is 6.20 Å². The zero-order valence-electron chi connectivity index (χ0n) is 10.3. The molecule has 17 heavy (non-hydrogen) atoms. The first kappa shape index (κ1) is 13.9. The van der Waals surface area contributed by atoms with E-state index in [1.54, 1.807) is 12.3 Å². The third-order valence-corrected chi connectivity index (χ3v) is 3.09. The number of amides is 1. The van der Waals surface area contributed by atoms with Gasteiger partial charge in [-0.25, -0.2) is 4.98 Å². The summed E-state index contributed by atoms with van der Waals surface area (Å²) in [5.74, 6) is -0.0970. The Morgan fingerprint density at radius 3 is 2.88 bits per heavy atom. The Morgan fingerprint density at radius 1 is 1.65 bits per heavy atom. The van der Waals surface area contributed by atoms with Crippen molar-refractivity contribution in [1.29, 1.82) is 0 Å². The molecule has 5 heteroatoms. The smallest absolute Gasteiger partial charge is 0.241 e. The Bertz CT molecular complexity index is 409. The summed E-state index contributed by atoms with van der Waals surface area (Å²) in [6, 6.07) is 1.24. The molecule has 0 saturated carbocycles. The molecule has 0 aromatic carbocycles. The van der Waals surface area contributed by atoms with E-state index in [9.17, 15) is 4.79 Å². The largest absolute Gasteiger partial charge is 0.322 e. The van der Waals surface area contributed by atoms with Crippen molar-refractivity contribution in [2.75, 3.05) is 5.32 Å². The number of pyridine rings is 1. The monoisotopic (exact) mass is 255 g/mol. The highest BCUT2D eigenvalue weighted by atomic mass is 35.5. The first-order valence-electron chi connectivity index (χ1n) is 5.64. The van der Waals surface area contributed by atoms with Crippen molar-refractivity contribution in [2.24, 2.45) is 11.7 Å². The van der Waals surface area contributed by atoms with Crippen LogP contribution in [0.2, 0.25) is 5.15 Å². The SMILES string of the molecule is CC[C@H](C)[C@H](N)C(=O)Nc1cc(C)cnc1Cl. The van der Waals surface area contributed by atoms with E-state index in [-0.39, 0.29) is 17.0 Å². The van der Waals surface area contributed by atoms with Crippen molar-refractivity contribution < 1.29 is 4.79 Å². The Labute approximate surface area is 107 Å². The van der Waals surface area contributed by atoms with Gasteiger partial charge in [0.15, 0.2) is 5.15 Å². The number of aromatic nitrogens is 1. The molecule has 1 aromatic rings. The summed E-state index contributed by atoms with van der Waals surface area (Å²) in [6.07, 6.45) is 2.50. The second-order valence-electron chi connectivity index (χ2n) is 4.25. The van der Waals surface area contributed by atoms with Crippen LogP contribution in [0, 0.1) is 12.8 Å². The summed E-state index contributed by atoms with van der Waals surface area (Å²) in [5.41, 5.74) is 7.27. The van der Waals surface area contributed by atoms with E-state index in [1.165, 1.54) is 0 Å². The Morgan fingerprint density at radius 2 is 2.29 bits per heavy atom. The van der Waals surface area contributed by atoms with Crippen molar-refractivity contribution in [1.82, 2.24) is 4.98 Å². The van der Waals surface area contributed by atoms with Crippen LogP contribution in [0.15, 0.2) is 12.3 Å². The Hall–Kier alpha value is -1.13. The summed E-state index contributed by atoms with van der Waals surface area (Å²) in [6.45, 7) is 5.83. The minimum Gasteiger partial charge on any atom is -0.322 e. The normalized spacial score (nSPS) is 14.2. The second kappa shape index (κ2) is 5.98. The van der Waals surface area contributed by atoms with Crippen molar-refractivity contribution >= 4 is 23.2 Å². The zero-order valence-corrected chi connectivity index (χ0v) is 11.1. The number of nitrogens with two attached hydrogens (primary N) is 1. The highest BCUT2D eigenvalue weighted by molar-refractivity contribution is 6.32. The molecule has 0 aliphatic heterocycles. The highest BCUT2D eigenvalue weighted by Crippen LogP contribution is 2.20. The van der Waals surface area contributed by atoms with Crippen LogP contribution in [0.25, 0.3) is 0 Å². The predicted molar refractivity (Wildman–Crippen MR) is 70.0 cm³/mol. The van der Waals surface area contributed by atoms with Crippen LogP contribution in [0.1, 0.15) is 25.8 Å². The standard InChI is InChI=1S/C12H18ClN3O/c1-4-8(3)10(14)12(17)16-9-5-7(2)6-15-11(9)13/h5-6,8,10H,4,14H2,1-3H3,(H,16,17)/t8-,10-/m0/s1. The van der Waals surface area contributed by atoms with Gasteiger partial charge < -0.3 is 11.1 Å². The molecule has 0 spiro atoms. The van der Waals surface area contributed by atoms with Gasteiger partial charge in [-0.05, 0) is 24.5 Å². The maximum absolute atomic E-state index is 11.9. The van der Waals surface area contributed by atoms with Crippen molar-refractivity contribution in [3.8, 4) is 0 Å². The number of hydrogen-bond acceptors (Lipinski definition) is 3. The zero-order chi connectivity index (χ0) is 13.0. The number of aryl methyl sites for hydroxylation is 1. The number of nitrogens with one attached hydrogen (secondary N) is 1. The van der Waals surface area contributed by atoms with E-state index in [0.29, 0.717) is 5.69 Å². The summed E-state index contributed by atoms with van der Waals surface area (Å²) in [5, 5.41) is 2.99. The van der Waals surface area contributed by atoms with E-state index in [1.807, 2.05) is 20.8 Å². The van der Waals surface area contributed by atoms with Crippen LogP contribution in [-0.4, -0.2) is 16.9 Å². The van der Waals surface area contributed by atoms with Gasteiger partial charge in [0.1, 0.15) is 0 Å². The number of halogens is 1. The molecular formula is C12H18ClN3O. The van der Waals surface area contributed by atoms with Crippen molar-refractivity contribution in [2.45, 2.75) is 33.2 Å². The average Bonchev–Trinajstić information content (AvgIpc) is 2.31. The average molecular weight is 256 g/mol. The van der Waals surface area contributed by atoms with Crippen LogP contribution in [-0.2, 0) is 4.79 Å². The Balaban J connectivity index is 2.77. The maximum Gasteiger partial charge on any atom is 0.241 e. The molecular weight excluding hydrogens is 238 g/mol. The summed E-state index contributed by atoms with van der Waals surface area (Å²) in [7, 11) is 0. The van der Waals surface area contributed by atoms with Crippen molar-refractivity contribution in [3.05, 3.63) is 23.0 Å².